The number of nitrogens with one attached hydrogen (secondary N) is 2. The van der Waals surface area contributed by atoms with E-state index >= 15 is 0 Å². The molecule has 6 rings (SSSR count). The number of aromatic nitrogens is 6. The maximum absolute atomic E-state index is 13.9. The van der Waals surface area contributed by atoms with Gasteiger partial charge in [-0.25, -0.2) is 18.4 Å². The van der Waals surface area contributed by atoms with Gasteiger partial charge in [-0.2, -0.15) is 19.7 Å². The Morgan fingerprint density at radius 3 is 2.65 bits per heavy atom. The number of H-pyrrole nitrogens is 1. The number of nitriles is 1. The first-order valence-electron chi connectivity index (χ1n) is 11.7. The zero-order chi connectivity index (χ0) is 25.8. The summed E-state index contributed by atoms with van der Waals surface area (Å²) in [6, 6.07) is 10.8. The number of rotatable bonds is 5. The molecule has 3 aromatic heterocycles. The van der Waals surface area contributed by atoms with Crippen molar-refractivity contribution < 1.29 is 13.2 Å². The Kier molecular flexibility index (Phi) is 5.18. The Bertz CT molecular complexity index is 1510. The van der Waals surface area contributed by atoms with E-state index in [1.54, 1.807) is 36.1 Å². The van der Waals surface area contributed by atoms with Gasteiger partial charge in [0.2, 0.25) is 17.8 Å². The van der Waals surface area contributed by atoms with Crippen molar-refractivity contribution in [1.29, 1.82) is 5.26 Å². The molecule has 0 radical (unpaired) electrons. The molecule has 4 aromatic rings. The van der Waals surface area contributed by atoms with Crippen LogP contribution in [-0.4, -0.2) is 49.0 Å². The van der Waals surface area contributed by atoms with Crippen LogP contribution >= 0.6 is 0 Å². The highest BCUT2D eigenvalue weighted by Crippen LogP contribution is 2.56. The molecule has 188 valence electrons. The molecule has 1 aliphatic heterocycles. The third-order valence-electron chi connectivity index (χ3n) is 7.08. The number of hydrogen-bond donors (Lipinski definition) is 2. The molecule has 9 nitrogen and oxygen atoms in total. The molecule has 37 heavy (non-hydrogen) atoms. The summed E-state index contributed by atoms with van der Waals surface area (Å²) in [7, 11) is 1.74. The molecule has 2 N–H and O–H groups in total. The highest BCUT2D eigenvalue weighted by molar-refractivity contribution is 5.74. The molecule has 1 aromatic carbocycles. The minimum absolute atomic E-state index is 0.0407. The number of anilines is 3. The van der Waals surface area contributed by atoms with Crippen LogP contribution in [0.15, 0.2) is 42.7 Å². The topological polar surface area (TPSA) is 111 Å². The Labute approximate surface area is 210 Å². The molecule has 0 atom stereocenters. The first-order chi connectivity index (χ1) is 17.7. The molecule has 1 saturated carbocycles. The monoisotopic (exact) mass is 505 g/mol. The van der Waals surface area contributed by atoms with Gasteiger partial charge in [0.15, 0.2) is 5.82 Å². The van der Waals surface area contributed by atoms with E-state index in [4.69, 9.17) is 0 Å². The lowest BCUT2D eigenvalue weighted by Crippen LogP contribution is -2.47. The second-order valence-corrected chi connectivity index (χ2v) is 9.76. The largest absolute Gasteiger partial charge is 0.356 e. The standard InChI is InChI=1S/C25H22F3N9/c1-36-23(32-17-3-4-18(16(8-17)9-29)19-11-31-34-21(19)26)33-22(35-36)15-2-5-20(30-10-15)37-7-6-24(14-37)12-25(27,28)13-24/h2-5,8,10-11H,6-7,12-14H2,1H3,(H,31,34)(H,32,33,35). The smallest absolute Gasteiger partial charge is 0.249 e. The van der Waals surface area contributed by atoms with Crippen molar-refractivity contribution in [2.75, 3.05) is 23.3 Å². The predicted octanol–water partition coefficient (Wildman–Crippen LogP) is 4.65. The van der Waals surface area contributed by atoms with Crippen LogP contribution in [0.5, 0.6) is 0 Å². The fraction of sp³-hybridized carbons (Fsp3) is 0.320. The zero-order valence-electron chi connectivity index (χ0n) is 19.8. The molecule has 0 bridgehead atoms. The zero-order valence-corrected chi connectivity index (χ0v) is 19.8. The van der Waals surface area contributed by atoms with Gasteiger partial charge < -0.3 is 10.2 Å². The van der Waals surface area contributed by atoms with Gasteiger partial charge >= 0.3 is 0 Å². The average molecular weight is 506 g/mol. The van der Waals surface area contributed by atoms with Crippen LogP contribution < -0.4 is 10.2 Å². The van der Waals surface area contributed by atoms with Crippen LogP contribution in [0.25, 0.3) is 22.5 Å². The molecular formula is C25H22F3N9. The van der Waals surface area contributed by atoms with Crippen molar-refractivity contribution in [3.8, 4) is 28.6 Å². The molecule has 1 aliphatic carbocycles. The normalized spacial score (nSPS) is 17.5. The third kappa shape index (κ3) is 4.16. The van der Waals surface area contributed by atoms with Gasteiger partial charge in [0, 0.05) is 61.4 Å². The minimum atomic E-state index is -2.53. The van der Waals surface area contributed by atoms with Crippen molar-refractivity contribution in [2.45, 2.75) is 25.2 Å². The fourth-order valence-electron chi connectivity index (χ4n) is 5.32. The highest BCUT2D eigenvalue weighted by atomic mass is 19.3. The van der Waals surface area contributed by atoms with Crippen LogP contribution in [0.1, 0.15) is 24.8 Å². The molecule has 1 spiro atoms. The van der Waals surface area contributed by atoms with Crippen LogP contribution in [0.4, 0.5) is 30.6 Å². The van der Waals surface area contributed by atoms with Crippen LogP contribution in [0.2, 0.25) is 0 Å². The van der Waals surface area contributed by atoms with Crippen LogP contribution in [0.3, 0.4) is 0 Å². The number of alkyl halides is 2. The van der Waals surface area contributed by atoms with Crippen molar-refractivity contribution in [1.82, 2.24) is 29.9 Å². The van der Waals surface area contributed by atoms with Gasteiger partial charge in [-0.05, 0) is 30.7 Å². The SMILES string of the molecule is Cn1nc(-c2ccc(N3CCC4(C3)CC(F)(F)C4)nc2)nc1Nc1ccc(-c2cn[nH]c2F)c(C#N)c1. The number of aromatic amines is 1. The van der Waals surface area contributed by atoms with E-state index < -0.39 is 11.9 Å². The van der Waals surface area contributed by atoms with Crippen molar-refractivity contribution in [3.63, 3.8) is 0 Å². The molecule has 2 aliphatic rings. The first-order valence-corrected chi connectivity index (χ1v) is 11.7. The van der Waals surface area contributed by atoms with E-state index in [1.165, 1.54) is 6.20 Å². The molecule has 0 amide bonds. The van der Waals surface area contributed by atoms with E-state index in [1.807, 2.05) is 12.1 Å². The van der Waals surface area contributed by atoms with Crippen molar-refractivity contribution >= 4 is 17.5 Å². The number of aryl methyl sites for hydroxylation is 1. The Morgan fingerprint density at radius 2 is 1.97 bits per heavy atom. The van der Waals surface area contributed by atoms with Gasteiger partial charge in [-0.15, -0.1) is 5.10 Å². The Hall–Kier alpha value is -4.40. The molecule has 4 heterocycles. The lowest BCUT2D eigenvalue weighted by Gasteiger charge is -2.44. The van der Waals surface area contributed by atoms with Gasteiger partial charge in [-0.3, -0.25) is 5.10 Å². The van der Waals surface area contributed by atoms with Crippen molar-refractivity contribution in [2.24, 2.45) is 12.5 Å². The lowest BCUT2D eigenvalue weighted by molar-refractivity contribution is -0.152. The third-order valence-corrected chi connectivity index (χ3v) is 7.08. The summed E-state index contributed by atoms with van der Waals surface area (Å²) in [5.41, 5.74) is 1.93. The maximum atomic E-state index is 13.9. The minimum Gasteiger partial charge on any atom is -0.356 e. The van der Waals surface area contributed by atoms with E-state index in [-0.39, 0.29) is 29.4 Å². The van der Waals surface area contributed by atoms with Crippen LogP contribution in [0, 0.1) is 22.7 Å². The first kappa shape index (κ1) is 23.0. The van der Waals surface area contributed by atoms with Crippen molar-refractivity contribution in [3.05, 3.63) is 54.2 Å². The Morgan fingerprint density at radius 1 is 1.14 bits per heavy atom. The van der Waals surface area contributed by atoms with Gasteiger partial charge in [-0.1, -0.05) is 6.07 Å². The Balaban J connectivity index is 1.17. The number of nitrogens with zero attached hydrogens (tertiary/aromatic N) is 7. The number of benzene rings is 1. The summed E-state index contributed by atoms with van der Waals surface area (Å²) in [5, 5.41) is 23.1. The van der Waals surface area contributed by atoms with Crippen LogP contribution in [-0.2, 0) is 7.05 Å². The van der Waals surface area contributed by atoms with Gasteiger partial charge in [0.1, 0.15) is 5.82 Å². The predicted molar refractivity (Wildman–Crippen MR) is 130 cm³/mol. The summed E-state index contributed by atoms with van der Waals surface area (Å²) < 4.78 is 42.3. The van der Waals surface area contributed by atoms with Gasteiger partial charge in [0.25, 0.3) is 0 Å². The van der Waals surface area contributed by atoms with E-state index in [0.29, 0.717) is 35.1 Å². The fourth-order valence-corrected chi connectivity index (χ4v) is 5.32. The lowest BCUT2D eigenvalue weighted by atomic mass is 9.65. The molecule has 0 unspecified atom stereocenters. The van der Waals surface area contributed by atoms with E-state index in [2.05, 4.69) is 41.5 Å². The maximum Gasteiger partial charge on any atom is 0.249 e. The van der Waals surface area contributed by atoms with E-state index in [9.17, 15) is 18.4 Å². The summed E-state index contributed by atoms with van der Waals surface area (Å²) in [5.74, 6) is -1.48. The number of halogens is 3. The molecule has 2 fully saturated rings. The molecule has 12 heteroatoms. The molecule has 1 saturated heterocycles. The second-order valence-electron chi connectivity index (χ2n) is 9.76. The summed E-state index contributed by atoms with van der Waals surface area (Å²) in [6.07, 6.45) is 3.69. The van der Waals surface area contributed by atoms with Gasteiger partial charge in [0.05, 0.1) is 23.4 Å². The summed E-state index contributed by atoms with van der Waals surface area (Å²) in [4.78, 5) is 11.1. The van der Waals surface area contributed by atoms with E-state index in [0.717, 1.165) is 18.8 Å². The number of pyridine rings is 1. The number of hydrogen-bond acceptors (Lipinski definition) is 7. The summed E-state index contributed by atoms with van der Waals surface area (Å²) in [6.45, 7) is 1.32. The highest BCUT2D eigenvalue weighted by Gasteiger charge is 2.58. The second kappa shape index (κ2) is 8.33. The average Bonchev–Trinajstić information content (AvgIpc) is 3.58. The molecular weight excluding hydrogens is 483 g/mol. The quantitative estimate of drug-likeness (QED) is 0.406. The summed E-state index contributed by atoms with van der Waals surface area (Å²) >= 11 is 0.